The van der Waals surface area contributed by atoms with Crippen LogP contribution in [0, 0.1) is 0 Å². The van der Waals surface area contributed by atoms with Crippen LogP contribution in [0.3, 0.4) is 0 Å². The number of carbonyl (C=O) groups is 4. The Morgan fingerprint density at radius 1 is 0.731 bits per heavy atom. The van der Waals surface area contributed by atoms with E-state index in [0.29, 0.717) is 34.2 Å². The number of hydrogen-bond acceptors (Lipinski definition) is 13. The topological polar surface area (TPSA) is 253 Å². The van der Waals surface area contributed by atoms with Gasteiger partial charge in [-0.15, -0.1) is 0 Å². The number of hydrazone groups is 2. The van der Waals surface area contributed by atoms with E-state index in [2.05, 4.69) is 36.0 Å². The van der Waals surface area contributed by atoms with Gasteiger partial charge >= 0.3 is 5.97 Å². The van der Waals surface area contributed by atoms with E-state index in [1.54, 1.807) is 62.4 Å². The van der Waals surface area contributed by atoms with Gasteiger partial charge in [0.25, 0.3) is 17.7 Å². The standard InChI is InChI=1S/C34H29N11O6.Na/c1-17-29(32(48)44(42-17)23-9-4-20(35)5-10-23)40-38-26-13-8-22(16-25(26)34(50)51)37-31(47)19-3-14-28(46)27(15-19)39-41-30-18(2)43-45(33(30)49)24-11-6-21(36)7-12-24;/h3-16,29-30,46H,35-36H2,1-2H3,(H,37,47)(H,50,51);. The van der Waals surface area contributed by atoms with Crippen molar-refractivity contribution in [3.63, 3.8) is 0 Å². The predicted molar refractivity (Wildman–Crippen MR) is 195 cm³/mol. The average molecular weight is 711 g/mol. The van der Waals surface area contributed by atoms with Crippen LogP contribution in [-0.4, -0.2) is 87.0 Å². The molecule has 18 heteroatoms. The van der Waals surface area contributed by atoms with E-state index in [-0.39, 0.29) is 63.5 Å². The monoisotopic (exact) mass is 710 g/mol. The Morgan fingerprint density at radius 3 is 1.73 bits per heavy atom. The number of carboxylic acids is 1. The number of anilines is 5. The van der Waals surface area contributed by atoms with Crippen LogP contribution in [0.25, 0.3) is 0 Å². The molecule has 2 aliphatic rings. The first-order chi connectivity index (χ1) is 24.4. The average Bonchev–Trinajstić information content (AvgIpc) is 3.56. The van der Waals surface area contributed by atoms with Crippen LogP contribution in [-0.2, 0) is 9.59 Å². The molecule has 0 aromatic heterocycles. The minimum atomic E-state index is -1.35. The first kappa shape index (κ1) is 37.0. The fraction of sp³-hybridized carbons (Fsp3) is 0.118. The van der Waals surface area contributed by atoms with Crippen molar-refractivity contribution in [2.75, 3.05) is 26.8 Å². The number of carboxylic acid groups (broad SMARTS) is 1. The van der Waals surface area contributed by atoms with E-state index < -0.39 is 35.8 Å². The molecule has 2 heterocycles. The van der Waals surface area contributed by atoms with E-state index >= 15 is 0 Å². The summed E-state index contributed by atoms with van der Waals surface area (Å²) in [4.78, 5) is 51.3. The van der Waals surface area contributed by atoms with Gasteiger partial charge < -0.3 is 27.0 Å². The minimum Gasteiger partial charge on any atom is -0.506 e. The summed E-state index contributed by atoms with van der Waals surface area (Å²) >= 11 is 0. The number of nitrogens with one attached hydrogen (secondary N) is 1. The van der Waals surface area contributed by atoms with Crippen molar-refractivity contribution in [2.45, 2.75) is 25.9 Å². The molecule has 0 fully saturated rings. The number of aromatic hydroxyl groups is 1. The van der Waals surface area contributed by atoms with Gasteiger partial charge in [-0.05, 0) is 98.8 Å². The van der Waals surface area contributed by atoms with Crippen molar-refractivity contribution >= 4 is 104 Å². The Kier molecular flexibility index (Phi) is 10.9. The maximum Gasteiger partial charge on any atom is 0.338 e. The third-order valence-electron chi connectivity index (χ3n) is 7.75. The van der Waals surface area contributed by atoms with Crippen molar-refractivity contribution in [3.8, 4) is 5.75 Å². The zero-order chi connectivity index (χ0) is 36.4. The summed E-state index contributed by atoms with van der Waals surface area (Å²) in [6, 6.07) is 18.7. The van der Waals surface area contributed by atoms with E-state index in [1.165, 1.54) is 46.4 Å². The number of rotatable bonds is 9. The largest absolute Gasteiger partial charge is 0.506 e. The molecule has 0 aliphatic carbocycles. The molecule has 2 atom stereocenters. The van der Waals surface area contributed by atoms with Crippen molar-refractivity contribution in [1.29, 1.82) is 0 Å². The van der Waals surface area contributed by atoms with Crippen LogP contribution in [0.2, 0.25) is 0 Å². The number of benzene rings is 4. The zero-order valence-corrected chi connectivity index (χ0v) is 30.0. The maximum atomic E-state index is 13.2. The number of phenolic OH excluding ortho intramolecular Hbond substituents is 1. The quantitative estimate of drug-likeness (QED) is 0.0907. The predicted octanol–water partition coefficient (Wildman–Crippen LogP) is 4.88. The smallest absolute Gasteiger partial charge is 0.338 e. The number of nitrogens with zero attached hydrogens (tertiary/aromatic N) is 8. The summed E-state index contributed by atoms with van der Waals surface area (Å²) in [7, 11) is 0. The SMILES string of the molecule is CC1=NN(c2ccc(N)cc2)C(=O)C1N=Nc1cc(C(=O)Nc2ccc(N=NC3C(=O)N(c4ccc(N)cc4)N=C3C)c(C(=O)O)c2)ccc1O.[Na]. The van der Waals surface area contributed by atoms with Crippen LogP contribution >= 0.6 is 0 Å². The fourth-order valence-corrected chi connectivity index (χ4v) is 5.04. The van der Waals surface area contributed by atoms with Crippen molar-refractivity contribution in [3.05, 3.63) is 96.1 Å². The molecule has 7 N–H and O–H groups in total. The van der Waals surface area contributed by atoms with Gasteiger partial charge in [0.15, 0.2) is 12.1 Å². The van der Waals surface area contributed by atoms with Gasteiger partial charge in [-0.3, -0.25) is 14.4 Å². The second kappa shape index (κ2) is 15.3. The summed E-state index contributed by atoms with van der Waals surface area (Å²) in [6.45, 7) is 3.21. The number of azo groups is 2. The molecule has 0 bridgehead atoms. The summed E-state index contributed by atoms with van der Waals surface area (Å²) in [6.07, 6.45) is 0. The minimum absolute atomic E-state index is 0. The Hall–Kier alpha value is -6.30. The number of carbonyl (C=O) groups excluding carboxylic acids is 3. The Balaban J connectivity index is 0.00000523. The molecule has 17 nitrogen and oxygen atoms in total. The van der Waals surface area contributed by atoms with E-state index in [1.807, 2.05) is 0 Å². The van der Waals surface area contributed by atoms with Crippen molar-refractivity contribution in [2.24, 2.45) is 30.7 Å². The number of nitrogens with two attached hydrogens (primary N) is 2. The summed E-state index contributed by atoms with van der Waals surface area (Å²) in [5, 5.41) is 50.0. The Labute approximate surface area is 317 Å². The Morgan fingerprint density at radius 2 is 1.23 bits per heavy atom. The van der Waals surface area contributed by atoms with Crippen LogP contribution < -0.4 is 26.8 Å². The summed E-state index contributed by atoms with van der Waals surface area (Å²) in [5.74, 6) is -3.26. The molecule has 2 unspecified atom stereocenters. The molecular formula is C34H29N11NaO6. The van der Waals surface area contributed by atoms with E-state index in [4.69, 9.17) is 11.5 Å². The molecule has 52 heavy (non-hydrogen) atoms. The molecule has 4 aromatic carbocycles. The maximum absolute atomic E-state index is 13.2. The van der Waals surface area contributed by atoms with Gasteiger partial charge in [-0.25, -0.2) is 4.79 Å². The van der Waals surface area contributed by atoms with E-state index in [0.717, 1.165) is 0 Å². The van der Waals surface area contributed by atoms with Gasteiger partial charge in [0, 0.05) is 52.2 Å². The third kappa shape index (κ3) is 7.70. The van der Waals surface area contributed by atoms with Gasteiger partial charge in [0.1, 0.15) is 11.4 Å². The molecule has 2 aliphatic heterocycles. The normalized spacial score (nSPS) is 17.0. The summed E-state index contributed by atoms with van der Waals surface area (Å²) in [5.41, 5.74) is 13.9. The first-order valence-corrected chi connectivity index (χ1v) is 15.2. The second-order valence-electron chi connectivity index (χ2n) is 11.4. The van der Waals surface area contributed by atoms with Crippen LogP contribution in [0.5, 0.6) is 5.75 Å². The van der Waals surface area contributed by atoms with Gasteiger partial charge in [-0.1, -0.05) is 0 Å². The second-order valence-corrected chi connectivity index (χ2v) is 11.4. The number of phenols is 1. The molecule has 0 saturated carbocycles. The number of nitrogen functional groups attached to an aromatic ring is 2. The van der Waals surface area contributed by atoms with Crippen LogP contribution in [0.15, 0.2) is 116 Å². The fourth-order valence-electron chi connectivity index (χ4n) is 5.04. The number of hydrogen-bond donors (Lipinski definition) is 5. The third-order valence-corrected chi connectivity index (χ3v) is 7.75. The van der Waals surface area contributed by atoms with Gasteiger partial charge in [0.05, 0.1) is 34.0 Å². The Bertz CT molecular complexity index is 2200. The van der Waals surface area contributed by atoms with Crippen molar-refractivity contribution < 1.29 is 29.4 Å². The van der Waals surface area contributed by atoms with Crippen LogP contribution in [0.1, 0.15) is 34.6 Å². The van der Waals surface area contributed by atoms with Gasteiger partial charge in [0.2, 0.25) is 0 Å². The molecule has 0 spiro atoms. The molecule has 4 aromatic rings. The zero-order valence-electron chi connectivity index (χ0n) is 28.0. The van der Waals surface area contributed by atoms with Crippen LogP contribution in [0.4, 0.5) is 39.8 Å². The molecule has 1 radical (unpaired) electrons. The molecule has 3 amide bonds. The molecule has 6 rings (SSSR count). The summed E-state index contributed by atoms with van der Waals surface area (Å²) < 4.78 is 0. The van der Waals surface area contributed by atoms with Gasteiger partial charge in [-0.2, -0.15) is 40.7 Å². The molecule has 257 valence electrons. The number of aromatic carboxylic acids is 1. The van der Waals surface area contributed by atoms with Crippen molar-refractivity contribution in [1.82, 2.24) is 0 Å². The first-order valence-electron chi connectivity index (χ1n) is 15.2. The van der Waals surface area contributed by atoms with E-state index in [9.17, 15) is 29.4 Å². The molecular weight excluding hydrogens is 681 g/mol. The molecule has 0 saturated heterocycles. The number of amides is 3.